The predicted octanol–water partition coefficient (Wildman–Crippen LogP) is 5.46. The zero-order valence-electron chi connectivity index (χ0n) is 17.0. The van der Waals surface area contributed by atoms with Crippen molar-refractivity contribution in [3.8, 4) is 22.3 Å². The lowest BCUT2D eigenvalue weighted by Gasteiger charge is -2.31. The van der Waals surface area contributed by atoms with Gasteiger partial charge in [0, 0.05) is 11.8 Å². The highest BCUT2D eigenvalue weighted by Crippen LogP contribution is 2.68. The van der Waals surface area contributed by atoms with Gasteiger partial charge in [0.15, 0.2) is 0 Å². The van der Waals surface area contributed by atoms with Crippen LogP contribution in [0.25, 0.3) is 22.3 Å². The number of aliphatic hydroxyl groups is 2. The van der Waals surface area contributed by atoms with Gasteiger partial charge >= 0.3 is 0 Å². The topological polar surface area (TPSA) is 40.5 Å². The van der Waals surface area contributed by atoms with Crippen molar-refractivity contribution in [3.05, 3.63) is 119 Å². The molecular weight excluding hydrogens is 380 g/mol. The van der Waals surface area contributed by atoms with E-state index in [0.717, 1.165) is 50.9 Å². The van der Waals surface area contributed by atoms with Crippen molar-refractivity contribution in [1.82, 2.24) is 0 Å². The molecule has 0 radical (unpaired) electrons. The SMILES string of the molecule is OC1(C2C[C@H]2C2(O)c3ccccc3-c3ccccc32)c2ccccc2-c2ccccc21. The fourth-order valence-electron chi connectivity index (χ4n) is 6.41. The van der Waals surface area contributed by atoms with Crippen LogP contribution in [0.4, 0.5) is 0 Å². The van der Waals surface area contributed by atoms with Crippen LogP contribution in [0.1, 0.15) is 28.7 Å². The van der Waals surface area contributed by atoms with Crippen molar-refractivity contribution in [2.24, 2.45) is 11.8 Å². The summed E-state index contributed by atoms with van der Waals surface area (Å²) in [5.41, 5.74) is 6.10. The van der Waals surface area contributed by atoms with Crippen LogP contribution in [0, 0.1) is 11.8 Å². The maximum Gasteiger partial charge on any atom is 0.119 e. The van der Waals surface area contributed by atoms with Crippen LogP contribution in [0.3, 0.4) is 0 Å². The zero-order valence-corrected chi connectivity index (χ0v) is 17.0. The highest BCUT2D eigenvalue weighted by Gasteiger charge is 2.65. The summed E-state index contributed by atoms with van der Waals surface area (Å²) in [6, 6.07) is 32.7. The smallest absolute Gasteiger partial charge is 0.119 e. The molecule has 2 heteroatoms. The van der Waals surface area contributed by atoms with E-state index in [0.29, 0.717) is 0 Å². The highest BCUT2D eigenvalue weighted by atomic mass is 16.3. The lowest BCUT2D eigenvalue weighted by molar-refractivity contribution is 0.0102. The van der Waals surface area contributed by atoms with Gasteiger partial charge in [0.1, 0.15) is 11.2 Å². The standard InChI is InChI=1S/C29H22O2/c30-28(22-13-5-1-9-18(22)19-10-2-6-14-23(19)28)26-17-27(26)29(31)24-15-7-3-11-20(24)21-12-4-8-16-25(21)29/h1-16,26-27,30-31H,17H2/t26-,27?/m1/s1. The Hall–Kier alpha value is -3.20. The van der Waals surface area contributed by atoms with E-state index in [2.05, 4.69) is 24.3 Å². The molecule has 4 aromatic rings. The van der Waals surface area contributed by atoms with Crippen molar-refractivity contribution >= 4 is 0 Å². The first-order valence-corrected chi connectivity index (χ1v) is 11.0. The van der Waals surface area contributed by atoms with E-state index in [1.54, 1.807) is 0 Å². The Morgan fingerprint density at radius 2 is 0.710 bits per heavy atom. The van der Waals surface area contributed by atoms with E-state index in [9.17, 15) is 10.2 Å². The quantitative estimate of drug-likeness (QED) is 0.468. The van der Waals surface area contributed by atoms with Gasteiger partial charge in [-0.05, 0) is 50.9 Å². The summed E-state index contributed by atoms with van der Waals surface area (Å²) in [5.74, 6) is -0.108. The van der Waals surface area contributed by atoms with E-state index in [4.69, 9.17) is 0 Å². The first-order valence-electron chi connectivity index (χ1n) is 11.0. The molecule has 7 rings (SSSR count). The summed E-state index contributed by atoms with van der Waals surface area (Å²) >= 11 is 0. The molecule has 31 heavy (non-hydrogen) atoms. The summed E-state index contributed by atoms with van der Waals surface area (Å²) in [7, 11) is 0. The molecule has 4 aromatic carbocycles. The molecular formula is C29H22O2. The second-order valence-electron chi connectivity index (χ2n) is 9.16. The minimum absolute atomic E-state index is 0.0542. The second kappa shape index (κ2) is 5.73. The van der Waals surface area contributed by atoms with Gasteiger partial charge in [0.05, 0.1) is 0 Å². The molecule has 0 spiro atoms. The van der Waals surface area contributed by atoms with Crippen molar-refractivity contribution in [2.75, 3.05) is 0 Å². The largest absolute Gasteiger partial charge is 0.380 e. The van der Waals surface area contributed by atoms with Gasteiger partial charge in [-0.25, -0.2) is 0 Å². The molecule has 2 nitrogen and oxygen atoms in total. The second-order valence-corrected chi connectivity index (χ2v) is 9.16. The Morgan fingerprint density at radius 1 is 0.452 bits per heavy atom. The van der Waals surface area contributed by atoms with Gasteiger partial charge in [-0.2, -0.15) is 0 Å². The van der Waals surface area contributed by atoms with E-state index in [1.165, 1.54) is 0 Å². The molecule has 0 aromatic heterocycles. The number of benzene rings is 4. The van der Waals surface area contributed by atoms with Gasteiger partial charge in [0.25, 0.3) is 0 Å². The highest BCUT2D eigenvalue weighted by molar-refractivity contribution is 5.82. The van der Waals surface area contributed by atoms with E-state index < -0.39 is 11.2 Å². The minimum Gasteiger partial charge on any atom is -0.380 e. The summed E-state index contributed by atoms with van der Waals surface area (Å²) < 4.78 is 0. The van der Waals surface area contributed by atoms with E-state index in [-0.39, 0.29) is 11.8 Å². The number of hydrogen-bond acceptors (Lipinski definition) is 2. The molecule has 0 amide bonds. The molecule has 1 saturated carbocycles. The van der Waals surface area contributed by atoms with Crippen LogP contribution in [0.2, 0.25) is 0 Å². The maximum atomic E-state index is 12.3. The number of hydrogen-bond donors (Lipinski definition) is 2. The van der Waals surface area contributed by atoms with Gasteiger partial charge in [-0.1, -0.05) is 97.1 Å². The average molecular weight is 402 g/mol. The molecule has 0 bridgehead atoms. The summed E-state index contributed by atoms with van der Waals surface area (Å²) in [4.78, 5) is 0. The van der Waals surface area contributed by atoms with Crippen molar-refractivity contribution in [3.63, 3.8) is 0 Å². The summed E-state index contributed by atoms with van der Waals surface area (Å²) in [6.07, 6.45) is 0.776. The van der Waals surface area contributed by atoms with Gasteiger partial charge in [-0.15, -0.1) is 0 Å². The average Bonchev–Trinajstić information content (AvgIpc) is 3.56. The van der Waals surface area contributed by atoms with Crippen LogP contribution < -0.4 is 0 Å². The van der Waals surface area contributed by atoms with Crippen LogP contribution >= 0.6 is 0 Å². The molecule has 150 valence electrons. The number of rotatable bonds is 2. The van der Waals surface area contributed by atoms with Gasteiger partial charge in [-0.3, -0.25) is 0 Å². The van der Waals surface area contributed by atoms with Gasteiger partial charge in [0.2, 0.25) is 0 Å². The van der Waals surface area contributed by atoms with Crippen LogP contribution in [-0.4, -0.2) is 10.2 Å². The molecule has 1 unspecified atom stereocenters. The Bertz CT molecular complexity index is 1170. The monoisotopic (exact) mass is 402 g/mol. The van der Waals surface area contributed by atoms with Crippen LogP contribution in [-0.2, 0) is 11.2 Å². The fraction of sp³-hybridized carbons (Fsp3) is 0.172. The first kappa shape index (κ1) is 17.5. The third-order valence-corrected chi connectivity index (χ3v) is 7.79. The predicted molar refractivity (Wildman–Crippen MR) is 121 cm³/mol. The number of fused-ring (bicyclic) bond motifs is 6. The molecule has 3 aliphatic carbocycles. The van der Waals surface area contributed by atoms with E-state index in [1.807, 2.05) is 72.8 Å². The molecule has 1 fully saturated rings. The third kappa shape index (κ3) is 2.00. The summed E-state index contributed by atoms with van der Waals surface area (Å²) in [5, 5.41) is 24.5. The van der Waals surface area contributed by atoms with Crippen molar-refractivity contribution in [2.45, 2.75) is 17.6 Å². The van der Waals surface area contributed by atoms with Crippen LogP contribution in [0.5, 0.6) is 0 Å². The van der Waals surface area contributed by atoms with E-state index >= 15 is 0 Å². The normalized spacial score (nSPS) is 22.9. The molecule has 2 atom stereocenters. The Kier molecular flexibility index (Phi) is 3.23. The fourth-order valence-corrected chi connectivity index (χ4v) is 6.41. The summed E-state index contributed by atoms with van der Waals surface area (Å²) in [6.45, 7) is 0. The minimum atomic E-state index is -1.08. The maximum absolute atomic E-state index is 12.3. The van der Waals surface area contributed by atoms with Gasteiger partial charge < -0.3 is 10.2 Å². The molecule has 0 heterocycles. The third-order valence-electron chi connectivity index (χ3n) is 7.79. The Balaban J connectivity index is 1.41. The Morgan fingerprint density at radius 3 is 1.00 bits per heavy atom. The van der Waals surface area contributed by atoms with Crippen molar-refractivity contribution in [1.29, 1.82) is 0 Å². The van der Waals surface area contributed by atoms with Crippen molar-refractivity contribution < 1.29 is 10.2 Å². The lowest BCUT2D eigenvalue weighted by atomic mass is 9.79. The molecule has 2 N–H and O–H groups in total. The molecule has 0 aliphatic heterocycles. The lowest BCUT2D eigenvalue weighted by Crippen LogP contribution is -2.34. The molecule has 3 aliphatic rings. The molecule has 0 saturated heterocycles. The first-order chi connectivity index (χ1) is 15.1. The zero-order chi connectivity index (χ0) is 20.8. The Labute approximate surface area is 181 Å². The van der Waals surface area contributed by atoms with Crippen LogP contribution in [0.15, 0.2) is 97.1 Å².